The molecule has 4 aromatic rings. The number of aromatic nitrogens is 4. The maximum Gasteiger partial charge on any atom is 0.410 e. The molecular formula is C32H32B2ClF2N5O5. The molecule has 0 atom stereocenters. The molecule has 1 N–H and O–H groups in total. The Balaban J connectivity index is 1.85. The first-order chi connectivity index (χ1) is 21.7. The van der Waals surface area contributed by atoms with Crippen LogP contribution in [-0.4, -0.2) is 75.3 Å². The molecule has 1 aliphatic rings. The monoisotopic (exact) mass is 661 g/mol. The topological polar surface area (TPSA) is 120 Å². The molecule has 4 radical (unpaired) electrons. The van der Waals surface area contributed by atoms with Crippen LogP contribution in [0.1, 0.15) is 57.4 Å². The zero-order valence-corrected chi connectivity index (χ0v) is 27.7. The largest absolute Gasteiger partial charge is 0.507 e. The molecule has 1 saturated heterocycles. The van der Waals surface area contributed by atoms with Crippen molar-refractivity contribution >= 4 is 44.6 Å². The number of ether oxygens (including phenoxy) is 1. The van der Waals surface area contributed by atoms with Crippen LogP contribution in [0.25, 0.3) is 28.1 Å². The van der Waals surface area contributed by atoms with Crippen LogP contribution in [0.5, 0.6) is 5.75 Å². The number of benzene rings is 1. The Hall–Kier alpha value is -4.19. The summed E-state index contributed by atoms with van der Waals surface area (Å²) in [5.74, 6) is -1.56. The Morgan fingerprint density at radius 2 is 1.74 bits per heavy atom. The molecule has 0 saturated carbocycles. The number of phenolic OH excluding ortho intramolecular Hbond substituents is 1. The fourth-order valence-electron chi connectivity index (χ4n) is 5.59. The van der Waals surface area contributed by atoms with Crippen molar-refractivity contribution in [1.82, 2.24) is 24.0 Å². The number of fused-ring (bicyclic) bond motifs is 1. The van der Waals surface area contributed by atoms with Crippen molar-refractivity contribution in [2.75, 3.05) is 13.1 Å². The molecule has 1 fully saturated rings. The lowest BCUT2D eigenvalue weighted by atomic mass is 9.51. The lowest BCUT2D eigenvalue weighted by Crippen LogP contribution is -2.74. The van der Waals surface area contributed by atoms with Crippen molar-refractivity contribution in [3.05, 3.63) is 78.8 Å². The molecule has 47 heavy (non-hydrogen) atoms. The normalized spacial score (nSPS) is 14.8. The van der Waals surface area contributed by atoms with Crippen LogP contribution < -0.4 is 11.1 Å². The maximum absolute atomic E-state index is 16.6. The average molecular weight is 662 g/mol. The number of pyridine rings is 2. The van der Waals surface area contributed by atoms with Gasteiger partial charge in [-0.25, -0.2) is 18.6 Å². The molecular weight excluding hydrogens is 629 g/mol. The molecule has 15 heteroatoms. The van der Waals surface area contributed by atoms with Gasteiger partial charge in [-0.1, -0.05) is 31.5 Å². The van der Waals surface area contributed by atoms with E-state index >= 15 is 8.78 Å². The third kappa shape index (κ3) is 5.60. The Morgan fingerprint density at radius 1 is 1.11 bits per heavy atom. The Kier molecular flexibility index (Phi) is 8.36. The SMILES string of the molecule is [B]C([B])(n1c(=O)c(=O)n(-c2c(C)ccnc2C(C)C)c2nc(-c3c(F)ccc(C)c3O)c(Cl)cc21)C1(F)CN(C(=O)OC(C)(C)C)C1. The number of aromatic hydroxyl groups is 1. The number of rotatable bonds is 5. The van der Waals surface area contributed by atoms with Crippen LogP contribution in [0.2, 0.25) is 5.02 Å². The summed E-state index contributed by atoms with van der Waals surface area (Å²) in [5.41, 5.74) is -5.72. The smallest absolute Gasteiger partial charge is 0.410 e. The van der Waals surface area contributed by atoms with Crippen LogP contribution in [-0.2, 0) is 10.1 Å². The van der Waals surface area contributed by atoms with E-state index in [0.717, 1.165) is 21.6 Å². The Labute approximate surface area is 277 Å². The Morgan fingerprint density at radius 3 is 2.34 bits per heavy atom. The quantitative estimate of drug-likeness (QED) is 0.242. The minimum atomic E-state index is -2.73. The summed E-state index contributed by atoms with van der Waals surface area (Å²) in [6, 6.07) is 5.26. The molecule has 10 nitrogen and oxygen atoms in total. The van der Waals surface area contributed by atoms with E-state index in [2.05, 4.69) is 9.97 Å². The van der Waals surface area contributed by atoms with Crippen LogP contribution in [0.4, 0.5) is 13.6 Å². The number of hydrogen-bond acceptors (Lipinski definition) is 7. The molecule has 0 aliphatic carbocycles. The maximum atomic E-state index is 16.6. The van der Waals surface area contributed by atoms with E-state index < -0.39 is 58.5 Å². The van der Waals surface area contributed by atoms with Gasteiger partial charge >= 0.3 is 17.2 Å². The predicted octanol–water partition coefficient (Wildman–Crippen LogP) is 4.75. The van der Waals surface area contributed by atoms with Gasteiger partial charge in [0.25, 0.3) is 0 Å². The molecule has 5 rings (SSSR count). The highest BCUT2D eigenvalue weighted by atomic mass is 35.5. The summed E-state index contributed by atoms with van der Waals surface area (Å²) < 4.78 is 38.7. The summed E-state index contributed by atoms with van der Waals surface area (Å²) in [7, 11) is 12.8. The summed E-state index contributed by atoms with van der Waals surface area (Å²) >= 11 is 6.65. The molecule has 1 aromatic carbocycles. The summed E-state index contributed by atoms with van der Waals surface area (Å²) in [4.78, 5) is 50.8. The lowest BCUT2D eigenvalue weighted by Gasteiger charge is -2.53. The van der Waals surface area contributed by atoms with Gasteiger partial charge in [0.1, 0.15) is 17.2 Å². The van der Waals surface area contributed by atoms with E-state index in [-0.39, 0.29) is 39.0 Å². The fourth-order valence-corrected chi connectivity index (χ4v) is 5.83. The third-order valence-corrected chi connectivity index (χ3v) is 8.38. The van der Waals surface area contributed by atoms with Crippen molar-refractivity contribution in [3.8, 4) is 22.7 Å². The molecule has 0 unspecified atom stereocenters. The number of nitrogens with zero attached hydrogens (tertiary/aromatic N) is 5. The first-order valence-corrected chi connectivity index (χ1v) is 15.2. The van der Waals surface area contributed by atoms with Gasteiger partial charge in [0.2, 0.25) is 0 Å². The zero-order chi connectivity index (χ0) is 35.0. The molecule has 0 bridgehead atoms. The number of phenols is 1. The van der Waals surface area contributed by atoms with Crippen molar-refractivity contribution in [1.29, 1.82) is 0 Å². The van der Waals surface area contributed by atoms with Crippen LogP contribution in [0.15, 0.2) is 40.1 Å². The Bertz CT molecular complexity index is 2070. The number of aryl methyl sites for hydroxylation is 2. The van der Waals surface area contributed by atoms with Crippen molar-refractivity contribution in [2.45, 2.75) is 71.0 Å². The van der Waals surface area contributed by atoms with Crippen LogP contribution >= 0.6 is 11.6 Å². The highest BCUT2D eigenvalue weighted by molar-refractivity contribution is 6.39. The molecule has 242 valence electrons. The first kappa shape index (κ1) is 34.2. The number of carbonyl (C=O) groups is 1. The van der Waals surface area contributed by atoms with Gasteiger partial charge in [-0.3, -0.25) is 19.1 Å². The van der Waals surface area contributed by atoms with Crippen molar-refractivity contribution in [2.24, 2.45) is 0 Å². The van der Waals surface area contributed by atoms with Gasteiger partial charge in [-0.05, 0) is 69.9 Å². The zero-order valence-electron chi connectivity index (χ0n) is 27.0. The number of halogens is 3. The van der Waals surface area contributed by atoms with Gasteiger partial charge in [-0.15, -0.1) is 0 Å². The van der Waals surface area contributed by atoms with E-state index in [1.54, 1.807) is 46.9 Å². The van der Waals surface area contributed by atoms with Crippen molar-refractivity contribution in [3.63, 3.8) is 0 Å². The number of amides is 1. The average Bonchev–Trinajstić information content (AvgIpc) is 2.94. The van der Waals surface area contributed by atoms with Gasteiger partial charge in [0.15, 0.2) is 11.3 Å². The molecule has 1 aliphatic heterocycles. The highest BCUT2D eigenvalue weighted by Gasteiger charge is 2.57. The van der Waals surface area contributed by atoms with E-state index in [1.807, 2.05) is 13.8 Å². The van der Waals surface area contributed by atoms with E-state index in [9.17, 15) is 19.5 Å². The minimum Gasteiger partial charge on any atom is -0.507 e. The molecule has 4 heterocycles. The van der Waals surface area contributed by atoms with E-state index in [4.69, 9.17) is 32.0 Å². The second-order valence-corrected chi connectivity index (χ2v) is 13.6. The molecule has 0 spiro atoms. The second kappa shape index (κ2) is 11.5. The summed E-state index contributed by atoms with van der Waals surface area (Å²) in [5, 5.41) is 7.84. The van der Waals surface area contributed by atoms with Gasteiger partial charge in [0.05, 0.1) is 62.0 Å². The second-order valence-electron chi connectivity index (χ2n) is 13.2. The van der Waals surface area contributed by atoms with E-state index in [1.165, 1.54) is 6.07 Å². The number of alkyl halides is 1. The van der Waals surface area contributed by atoms with Gasteiger partial charge < -0.3 is 19.3 Å². The number of carbonyl (C=O) groups excluding carboxylic acids is 1. The third-order valence-electron chi connectivity index (χ3n) is 8.09. The van der Waals surface area contributed by atoms with Gasteiger partial charge in [-0.2, -0.15) is 0 Å². The standard InChI is InChI=1S/C32H32B2ClF2N5O5/c1-15(2)22-24(16(3)10-11-38-22)41-26-20(12-18(35)23(39-26)21-19(36)9-8-17(4)25(21)43)42(28(45)27(41)44)32(33,34)31(37)13-40(14-31)29(46)47-30(5,6)7/h8-12,15,43H,13-14H2,1-7H3. The minimum absolute atomic E-state index is 0.214. The summed E-state index contributed by atoms with van der Waals surface area (Å²) in [6.45, 7) is 10.5. The fraction of sp³-hybridized carbons (Fsp3) is 0.406. The van der Waals surface area contributed by atoms with Crippen LogP contribution in [0, 0.1) is 19.7 Å². The van der Waals surface area contributed by atoms with Crippen LogP contribution in [0.3, 0.4) is 0 Å². The highest BCUT2D eigenvalue weighted by Crippen LogP contribution is 2.42. The number of likely N-dealkylation sites (tertiary alicyclic amines) is 1. The van der Waals surface area contributed by atoms with Crippen molar-refractivity contribution < 1.29 is 23.4 Å². The van der Waals surface area contributed by atoms with E-state index in [0.29, 0.717) is 21.4 Å². The molecule has 1 amide bonds. The number of hydrogen-bond donors (Lipinski definition) is 1. The molecule has 3 aromatic heterocycles. The lowest BCUT2D eigenvalue weighted by molar-refractivity contribution is -0.0697. The predicted molar refractivity (Wildman–Crippen MR) is 176 cm³/mol. The van der Waals surface area contributed by atoms with Gasteiger partial charge in [0, 0.05) is 11.5 Å². The summed E-state index contributed by atoms with van der Waals surface area (Å²) in [6.07, 6.45) is 0.722. The first-order valence-electron chi connectivity index (χ1n) is 14.8.